The highest BCUT2D eigenvalue weighted by atomic mass is 32.2. The summed E-state index contributed by atoms with van der Waals surface area (Å²) < 4.78 is 5.61. The molecule has 0 spiro atoms. The first-order valence-electron chi connectivity index (χ1n) is 9.54. The van der Waals surface area contributed by atoms with Crippen LogP contribution >= 0.6 is 11.8 Å². The standard InChI is InChI=1S/C25H17NO3S/c1-2-8-16-9-7-10-17-15-18(25(28)29-23(16)17)24(27)26-19-11-3-5-13-21(19)30-22-14-6-4-12-20(22)26/h2-7,9-15H,1,8H2. The van der Waals surface area contributed by atoms with E-state index in [1.807, 2.05) is 66.7 Å². The Morgan fingerprint density at radius 3 is 2.30 bits per heavy atom. The van der Waals surface area contributed by atoms with Crippen molar-refractivity contribution in [1.82, 2.24) is 0 Å². The highest BCUT2D eigenvalue weighted by Crippen LogP contribution is 2.48. The molecular formula is C25H17NO3S. The molecule has 3 aromatic carbocycles. The molecule has 0 saturated heterocycles. The number of nitrogens with zero attached hydrogens (tertiary/aromatic N) is 1. The number of anilines is 2. The SMILES string of the molecule is C=CCc1cccc2cc(C(=O)N3c4ccccc4Sc4ccccc43)c(=O)oc12. The molecule has 1 aliphatic rings. The second kappa shape index (κ2) is 7.35. The lowest BCUT2D eigenvalue weighted by atomic mass is 10.1. The minimum atomic E-state index is -0.641. The maximum atomic E-state index is 13.6. The van der Waals surface area contributed by atoms with Crippen LogP contribution in [0.15, 0.2) is 104 Å². The van der Waals surface area contributed by atoms with Crippen LogP contribution in [0.25, 0.3) is 11.0 Å². The van der Waals surface area contributed by atoms with Crippen LogP contribution in [-0.2, 0) is 6.42 Å². The van der Waals surface area contributed by atoms with E-state index in [-0.39, 0.29) is 5.56 Å². The largest absolute Gasteiger partial charge is 0.422 e. The lowest BCUT2D eigenvalue weighted by Crippen LogP contribution is -2.32. The first kappa shape index (κ1) is 18.5. The molecule has 0 aliphatic carbocycles. The van der Waals surface area contributed by atoms with E-state index in [9.17, 15) is 9.59 Å². The van der Waals surface area contributed by atoms with E-state index in [0.29, 0.717) is 17.4 Å². The molecule has 0 fully saturated rings. The summed E-state index contributed by atoms with van der Waals surface area (Å²) in [6.45, 7) is 3.75. The van der Waals surface area contributed by atoms with E-state index in [0.717, 1.165) is 26.7 Å². The summed E-state index contributed by atoms with van der Waals surface area (Å²) in [6, 6.07) is 22.6. The molecule has 0 unspecified atom stereocenters. The van der Waals surface area contributed by atoms with Crippen molar-refractivity contribution in [2.45, 2.75) is 16.2 Å². The highest BCUT2D eigenvalue weighted by molar-refractivity contribution is 7.99. The van der Waals surface area contributed by atoms with Crippen LogP contribution in [-0.4, -0.2) is 5.91 Å². The first-order chi connectivity index (χ1) is 14.7. The van der Waals surface area contributed by atoms with Gasteiger partial charge in [0.1, 0.15) is 11.1 Å². The third-order valence-electron chi connectivity index (χ3n) is 5.07. The van der Waals surface area contributed by atoms with Gasteiger partial charge in [-0.1, -0.05) is 60.3 Å². The van der Waals surface area contributed by atoms with Crippen LogP contribution in [0.1, 0.15) is 15.9 Å². The summed E-state index contributed by atoms with van der Waals surface area (Å²) in [7, 11) is 0. The Morgan fingerprint density at radius 1 is 0.967 bits per heavy atom. The maximum absolute atomic E-state index is 13.6. The van der Waals surface area contributed by atoms with Crippen molar-refractivity contribution in [3.63, 3.8) is 0 Å². The summed E-state index contributed by atoms with van der Waals surface area (Å²) in [5, 5.41) is 0.713. The number of rotatable bonds is 3. The molecule has 0 radical (unpaired) electrons. The average molecular weight is 411 g/mol. The fourth-order valence-corrected chi connectivity index (χ4v) is 4.77. The number of para-hydroxylation sites is 3. The molecule has 5 rings (SSSR count). The Balaban J connectivity index is 1.69. The Morgan fingerprint density at radius 2 is 1.63 bits per heavy atom. The normalized spacial score (nSPS) is 12.3. The number of carbonyl (C=O) groups is 1. The van der Waals surface area contributed by atoms with Crippen molar-refractivity contribution in [3.05, 3.63) is 107 Å². The van der Waals surface area contributed by atoms with Crippen LogP contribution in [0.5, 0.6) is 0 Å². The Kier molecular flexibility index (Phi) is 4.52. The van der Waals surface area contributed by atoms with Crippen molar-refractivity contribution in [2.24, 2.45) is 0 Å². The molecule has 0 N–H and O–H groups in total. The topological polar surface area (TPSA) is 50.5 Å². The van der Waals surface area contributed by atoms with Crippen LogP contribution in [0.3, 0.4) is 0 Å². The Bertz CT molecular complexity index is 1330. The van der Waals surface area contributed by atoms with E-state index in [2.05, 4.69) is 6.58 Å². The molecule has 0 atom stereocenters. The van der Waals surface area contributed by atoms with E-state index in [1.54, 1.807) is 28.8 Å². The Hall–Kier alpha value is -3.57. The fourth-order valence-electron chi connectivity index (χ4n) is 3.71. The van der Waals surface area contributed by atoms with E-state index < -0.39 is 11.5 Å². The van der Waals surface area contributed by atoms with Gasteiger partial charge in [-0.2, -0.15) is 0 Å². The number of hydrogen-bond acceptors (Lipinski definition) is 4. The van der Waals surface area contributed by atoms with Crippen molar-refractivity contribution in [1.29, 1.82) is 0 Å². The third kappa shape index (κ3) is 2.95. The molecule has 30 heavy (non-hydrogen) atoms. The van der Waals surface area contributed by atoms with Gasteiger partial charge in [-0.3, -0.25) is 9.69 Å². The quantitative estimate of drug-likeness (QED) is 0.308. The van der Waals surface area contributed by atoms with Gasteiger partial charge < -0.3 is 4.42 Å². The number of hydrogen-bond donors (Lipinski definition) is 0. The van der Waals surface area contributed by atoms with E-state index in [4.69, 9.17) is 4.42 Å². The van der Waals surface area contributed by atoms with Gasteiger partial charge in [0, 0.05) is 15.2 Å². The molecule has 0 bridgehead atoms. The summed E-state index contributed by atoms with van der Waals surface area (Å²) in [4.78, 5) is 30.0. The maximum Gasteiger partial charge on any atom is 0.349 e. The molecule has 0 saturated carbocycles. The van der Waals surface area contributed by atoms with Gasteiger partial charge in [0.15, 0.2) is 0 Å². The van der Waals surface area contributed by atoms with Gasteiger partial charge in [0.25, 0.3) is 5.91 Å². The predicted molar refractivity (Wildman–Crippen MR) is 120 cm³/mol. The summed E-state index contributed by atoms with van der Waals surface area (Å²) in [5.74, 6) is -0.403. The van der Waals surface area contributed by atoms with Gasteiger partial charge in [-0.15, -0.1) is 6.58 Å². The molecule has 1 aliphatic heterocycles. The molecule has 4 aromatic rings. The lowest BCUT2D eigenvalue weighted by molar-refractivity contribution is 0.0995. The molecular weight excluding hydrogens is 394 g/mol. The van der Waals surface area contributed by atoms with Gasteiger partial charge in [-0.05, 0) is 42.3 Å². The number of amides is 1. The first-order valence-corrected chi connectivity index (χ1v) is 10.4. The van der Waals surface area contributed by atoms with E-state index in [1.165, 1.54) is 0 Å². The summed E-state index contributed by atoms with van der Waals surface area (Å²) in [6.07, 6.45) is 2.34. The third-order valence-corrected chi connectivity index (χ3v) is 6.20. The number of fused-ring (bicyclic) bond motifs is 3. The van der Waals surface area contributed by atoms with Gasteiger partial charge in [0.05, 0.1) is 11.4 Å². The summed E-state index contributed by atoms with van der Waals surface area (Å²) >= 11 is 1.61. The molecule has 2 heterocycles. The van der Waals surface area contributed by atoms with Crippen molar-refractivity contribution >= 4 is 40.0 Å². The second-order valence-corrected chi connectivity index (χ2v) is 8.04. The molecule has 4 nitrogen and oxygen atoms in total. The van der Waals surface area contributed by atoms with Crippen LogP contribution < -0.4 is 10.5 Å². The van der Waals surface area contributed by atoms with E-state index >= 15 is 0 Å². The molecule has 5 heteroatoms. The smallest absolute Gasteiger partial charge is 0.349 e. The number of allylic oxidation sites excluding steroid dienone is 1. The van der Waals surface area contributed by atoms with Crippen molar-refractivity contribution < 1.29 is 9.21 Å². The van der Waals surface area contributed by atoms with Crippen LogP contribution in [0, 0.1) is 0 Å². The minimum Gasteiger partial charge on any atom is -0.422 e. The zero-order valence-electron chi connectivity index (χ0n) is 16.0. The molecule has 146 valence electrons. The fraction of sp³-hybridized carbons (Fsp3) is 0.0400. The van der Waals surface area contributed by atoms with Gasteiger partial charge >= 0.3 is 5.63 Å². The number of carbonyl (C=O) groups excluding carboxylic acids is 1. The Labute approximate surface area is 177 Å². The van der Waals surface area contributed by atoms with Crippen LogP contribution in [0.2, 0.25) is 0 Å². The zero-order chi connectivity index (χ0) is 20.7. The van der Waals surface area contributed by atoms with Crippen molar-refractivity contribution in [3.8, 4) is 0 Å². The second-order valence-electron chi connectivity index (χ2n) is 6.95. The molecule has 1 amide bonds. The zero-order valence-corrected chi connectivity index (χ0v) is 16.8. The number of benzene rings is 3. The lowest BCUT2D eigenvalue weighted by Gasteiger charge is -2.30. The van der Waals surface area contributed by atoms with Gasteiger partial charge in [-0.25, -0.2) is 4.79 Å². The van der Waals surface area contributed by atoms with Crippen LogP contribution in [0.4, 0.5) is 11.4 Å². The van der Waals surface area contributed by atoms with Gasteiger partial charge in [0.2, 0.25) is 0 Å². The molecule has 1 aromatic heterocycles. The monoisotopic (exact) mass is 411 g/mol. The highest BCUT2D eigenvalue weighted by Gasteiger charge is 2.30. The minimum absolute atomic E-state index is 0.00904. The predicted octanol–water partition coefficient (Wildman–Crippen LogP) is 5.96. The average Bonchev–Trinajstić information content (AvgIpc) is 2.77. The van der Waals surface area contributed by atoms with Crippen molar-refractivity contribution in [2.75, 3.05) is 4.90 Å². The summed E-state index contributed by atoms with van der Waals surface area (Å²) in [5.41, 5.74) is 2.24.